The molecule has 0 amide bonds. The lowest BCUT2D eigenvalue weighted by atomic mass is 9.65. The maximum atomic E-state index is 13.9. The third-order valence-corrected chi connectivity index (χ3v) is 10.6. The first-order chi connectivity index (χ1) is 25.0. The number of Topliss-reactive ketones (excluding diaryl/α,β-unsaturated/α-hetero) is 1. The number of cyclic esters (lactones) is 2. The van der Waals surface area contributed by atoms with Crippen molar-refractivity contribution in [3.05, 3.63) is 105 Å². The van der Waals surface area contributed by atoms with Gasteiger partial charge in [0.25, 0.3) is 0 Å². The molecule has 0 radical (unpaired) electrons. The van der Waals surface area contributed by atoms with E-state index in [1.165, 1.54) is 0 Å². The molecule has 6 aliphatic rings. The maximum absolute atomic E-state index is 13.9. The molecule has 3 fully saturated rings. The van der Waals surface area contributed by atoms with Crippen LogP contribution in [-0.4, -0.2) is 88.9 Å². The summed E-state index contributed by atoms with van der Waals surface area (Å²) < 4.78 is 16.0. The Balaban J connectivity index is 1.34. The molecule has 0 spiro atoms. The van der Waals surface area contributed by atoms with Crippen molar-refractivity contribution in [1.82, 2.24) is 0 Å². The number of benzene rings is 2. The Bertz CT molecular complexity index is 2350. The van der Waals surface area contributed by atoms with E-state index in [-0.39, 0.29) is 22.6 Å². The summed E-state index contributed by atoms with van der Waals surface area (Å²) in [4.78, 5) is 93.5. The number of phenolic OH excluding ortho intramolecular Hbond substituents is 2. The predicted octanol–water partition coefficient (Wildman–Crippen LogP) is 1.11. The van der Waals surface area contributed by atoms with E-state index in [4.69, 9.17) is 14.2 Å². The van der Waals surface area contributed by atoms with Gasteiger partial charge in [-0.3, -0.25) is 14.4 Å². The molecule has 0 aromatic heterocycles. The lowest BCUT2D eigenvalue weighted by Gasteiger charge is -2.33. The average molecular weight is 727 g/mol. The molecule has 7 N–H and O–H groups in total. The largest absolute Gasteiger partial charge is 0.508 e. The van der Waals surface area contributed by atoms with Crippen LogP contribution in [0.3, 0.4) is 0 Å². The van der Waals surface area contributed by atoms with E-state index >= 15 is 0 Å². The van der Waals surface area contributed by atoms with Crippen LogP contribution in [0.2, 0.25) is 0 Å². The number of aliphatic hydroxyl groups is 3. The summed E-state index contributed by atoms with van der Waals surface area (Å²) in [5, 5.41) is 74.8. The molecule has 1 saturated heterocycles. The number of phenols is 2. The molecule has 53 heavy (non-hydrogen) atoms. The summed E-state index contributed by atoms with van der Waals surface area (Å²) in [6.45, 7) is 0. The molecular weight excluding hydrogens is 704 g/mol. The number of fused-ring (bicyclic) bond motifs is 3. The monoisotopic (exact) mass is 726 g/mol. The molecule has 3 aliphatic heterocycles. The third-order valence-electron chi connectivity index (χ3n) is 10.6. The minimum atomic E-state index is -2.93. The first kappa shape index (κ1) is 33.2. The SMILES string of the molecule is O=C(O)C(=C1OC(=O)C(C2=CC(=O)C3(O)C2C2C(=O)OC4CC(=O)C3C42C2=C(O)C(=C(C(=O)O)c3ccc(O)cc3)OC2=O)=C1O)c1ccc(O)cc1. The van der Waals surface area contributed by atoms with Gasteiger partial charge in [0.1, 0.15) is 45.7 Å². The quantitative estimate of drug-likeness (QED) is 0.125. The highest BCUT2D eigenvalue weighted by molar-refractivity contribution is 6.20. The standard InChI is InChI=1S/C36H22O17/c37-13-5-1-11(2-6-13)19(30(43)44)27-25(41)21(32(47)52-27)15-9-17(40)36(50)22(15)23-33(48)51-18-10-16(39)29(36)35(18,23)24-26(42)28(53-34(24)49)20(31(45)46)12-3-7-14(38)8-4-12/h1-9,18,22-23,29,37-38,41-42,50H,10H2,(H,43,44)(H,45,46). The molecule has 3 aliphatic carbocycles. The minimum Gasteiger partial charge on any atom is -0.508 e. The Labute approximate surface area is 294 Å². The van der Waals surface area contributed by atoms with Gasteiger partial charge < -0.3 is 50.0 Å². The zero-order valence-electron chi connectivity index (χ0n) is 26.4. The van der Waals surface area contributed by atoms with Crippen LogP contribution in [0.1, 0.15) is 17.5 Å². The zero-order chi connectivity index (χ0) is 38.0. The topological polar surface area (TPSA) is 289 Å². The fourth-order valence-corrected chi connectivity index (χ4v) is 8.79. The van der Waals surface area contributed by atoms with Gasteiger partial charge >= 0.3 is 29.8 Å². The summed E-state index contributed by atoms with van der Waals surface area (Å²) in [5.74, 6) is -20.1. The van der Waals surface area contributed by atoms with E-state index in [1.54, 1.807) is 0 Å². The van der Waals surface area contributed by atoms with Crippen LogP contribution < -0.4 is 0 Å². The summed E-state index contributed by atoms with van der Waals surface area (Å²) >= 11 is 0. The number of carboxylic acid groups (broad SMARTS) is 2. The van der Waals surface area contributed by atoms with Crippen LogP contribution in [-0.2, 0) is 47.8 Å². The van der Waals surface area contributed by atoms with Crippen molar-refractivity contribution < 1.29 is 83.5 Å². The van der Waals surface area contributed by atoms with E-state index < -0.39 is 134 Å². The average Bonchev–Trinajstić information content (AvgIpc) is 3.84. The zero-order valence-corrected chi connectivity index (χ0v) is 26.4. The van der Waals surface area contributed by atoms with Crippen molar-refractivity contribution in [3.63, 3.8) is 0 Å². The van der Waals surface area contributed by atoms with Crippen LogP contribution in [0.25, 0.3) is 11.1 Å². The van der Waals surface area contributed by atoms with Gasteiger partial charge in [0, 0.05) is 12.3 Å². The van der Waals surface area contributed by atoms with Crippen molar-refractivity contribution in [1.29, 1.82) is 0 Å². The van der Waals surface area contributed by atoms with Gasteiger partial charge in [-0.05, 0) is 47.0 Å². The van der Waals surface area contributed by atoms with Gasteiger partial charge in [0.15, 0.2) is 28.8 Å². The smallest absolute Gasteiger partial charge is 0.347 e. The highest BCUT2D eigenvalue weighted by Gasteiger charge is 2.86. The van der Waals surface area contributed by atoms with Crippen LogP contribution in [0, 0.1) is 23.2 Å². The van der Waals surface area contributed by atoms with Gasteiger partial charge in [-0.15, -0.1) is 0 Å². The molecule has 17 nitrogen and oxygen atoms in total. The molecule has 3 heterocycles. The molecule has 2 saturated carbocycles. The highest BCUT2D eigenvalue weighted by Crippen LogP contribution is 2.74. The van der Waals surface area contributed by atoms with Gasteiger partial charge in [-0.1, -0.05) is 24.3 Å². The van der Waals surface area contributed by atoms with E-state index in [1.807, 2.05) is 0 Å². The number of carbonyl (C=O) groups excluding carboxylic acids is 5. The number of carbonyl (C=O) groups is 7. The van der Waals surface area contributed by atoms with E-state index in [0.717, 1.165) is 48.5 Å². The second-order valence-electron chi connectivity index (χ2n) is 13.0. The number of aliphatic hydroxyl groups excluding tert-OH is 2. The van der Waals surface area contributed by atoms with Crippen LogP contribution >= 0.6 is 0 Å². The van der Waals surface area contributed by atoms with Crippen LogP contribution in [0.15, 0.2) is 94.4 Å². The molecule has 268 valence electrons. The summed E-state index contributed by atoms with van der Waals surface area (Å²) in [6, 6.07) is 9.04. The van der Waals surface area contributed by atoms with Gasteiger partial charge in [0.05, 0.1) is 22.8 Å². The summed E-state index contributed by atoms with van der Waals surface area (Å²) in [7, 11) is 0. The first-order valence-electron chi connectivity index (χ1n) is 15.6. The minimum absolute atomic E-state index is 0.139. The van der Waals surface area contributed by atoms with Crippen molar-refractivity contribution in [2.75, 3.05) is 0 Å². The number of aromatic hydroxyl groups is 2. The van der Waals surface area contributed by atoms with Gasteiger partial charge in [0.2, 0.25) is 0 Å². The number of carboxylic acids is 2. The Morgan fingerprint density at radius 3 is 1.74 bits per heavy atom. The fourth-order valence-electron chi connectivity index (χ4n) is 8.79. The van der Waals surface area contributed by atoms with Crippen molar-refractivity contribution in [2.24, 2.45) is 23.2 Å². The lowest BCUT2D eigenvalue weighted by Crippen LogP contribution is -2.50. The van der Waals surface area contributed by atoms with Crippen molar-refractivity contribution >= 4 is 52.6 Å². The number of ketones is 2. The Kier molecular flexibility index (Phi) is 6.72. The lowest BCUT2D eigenvalue weighted by molar-refractivity contribution is -0.151. The molecule has 17 heteroatoms. The maximum Gasteiger partial charge on any atom is 0.347 e. The fraction of sp³-hybridized carbons (Fsp3) is 0.194. The predicted molar refractivity (Wildman–Crippen MR) is 167 cm³/mol. The number of aliphatic carboxylic acids is 2. The second kappa shape index (κ2) is 10.8. The molecule has 6 unspecified atom stereocenters. The first-order valence-corrected chi connectivity index (χ1v) is 15.6. The Morgan fingerprint density at radius 1 is 0.698 bits per heavy atom. The molecule has 6 atom stereocenters. The number of hydrogen-bond acceptors (Lipinski definition) is 15. The van der Waals surface area contributed by atoms with Crippen LogP contribution in [0.5, 0.6) is 11.5 Å². The van der Waals surface area contributed by atoms with E-state index in [0.29, 0.717) is 6.08 Å². The van der Waals surface area contributed by atoms with Crippen LogP contribution in [0.4, 0.5) is 0 Å². The molecule has 2 aromatic carbocycles. The molecule has 0 bridgehead atoms. The van der Waals surface area contributed by atoms with E-state index in [2.05, 4.69) is 0 Å². The summed E-state index contributed by atoms with van der Waals surface area (Å²) in [6.07, 6.45) is -1.60. The number of ether oxygens (including phenoxy) is 3. The summed E-state index contributed by atoms with van der Waals surface area (Å²) in [5.41, 5.74) is -9.44. The highest BCUT2D eigenvalue weighted by atomic mass is 16.6. The Morgan fingerprint density at radius 2 is 1.21 bits per heavy atom. The molecule has 2 aromatic rings. The van der Waals surface area contributed by atoms with E-state index in [9.17, 15) is 69.3 Å². The number of rotatable bonds is 6. The number of hydrogen-bond donors (Lipinski definition) is 7. The molecular formula is C36H22O17. The van der Waals surface area contributed by atoms with Gasteiger partial charge in [-0.25, -0.2) is 19.2 Å². The normalized spacial score (nSPS) is 31.7. The van der Waals surface area contributed by atoms with Crippen molar-refractivity contribution in [2.45, 2.75) is 18.1 Å². The Hall–Kier alpha value is -7.01. The molecule has 8 rings (SSSR count). The second-order valence-corrected chi connectivity index (χ2v) is 13.0. The van der Waals surface area contributed by atoms with Crippen molar-refractivity contribution in [3.8, 4) is 11.5 Å². The van der Waals surface area contributed by atoms with Gasteiger partial charge in [-0.2, -0.15) is 0 Å². The number of esters is 3. The third kappa shape index (κ3) is 4.07.